The molecule has 7 nitrogen and oxygen atoms in total. The molecule has 2 fully saturated rings. The number of carbonyl (C=O) groups excluding carboxylic acids is 1. The van der Waals surface area contributed by atoms with Crippen LogP contribution in [0.3, 0.4) is 0 Å². The van der Waals surface area contributed by atoms with Gasteiger partial charge in [0.25, 0.3) is 0 Å². The third-order valence-electron chi connectivity index (χ3n) is 3.28. The minimum absolute atomic E-state index is 0.0882. The zero-order valence-corrected chi connectivity index (χ0v) is 9.65. The molecule has 2 saturated heterocycles. The molecule has 2 aliphatic rings. The van der Waals surface area contributed by atoms with E-state index in [1.54, 1.807) is 0 Å². The van der Waals surface area contributed by atoms with E-state index in [-0.39, 0.29) is 12.5 Å². The number of hydrogen-bond acceptors (Lipinski definition) is 6. The van der Waals surface area contributed by atoms with Gasteiger partial charge >= 0.3 is 0 Å². The Morgan fingerprint density at radius 2 is 2.18 bits per heavy atom. The van der Waals surface area contributed by atoms with Crippen LogP contribution in [0.2, 0.25) is 0 Å². The van der Waals surface area contributed by atoms with Gasteiger partial charge in [0.2, 0.25) is 5.91 Å². The van der Waals surface area contributed by atoms with Gasteiger partial charge < -0.3 is 30.3 Å². The molecule has 5 atom stereocenters. The van der Waals surface area contributed by atoms with Gasteiger partial charge in [-0.15, -0.1) is 0 Å². The summed E-state index contributed by atoms with van der Waals surface area (Å²) in [6, 6.07) is -0.668. The highest BCUT2D eigenvalue weighted by Crippen LogP contribution is 2.28. The second-order valence-corrected chi connectivity index (χ2v) is 4.33. The second-order valence-electron chi connectivity index (χ2n) is 4.33. The van der Waals surface area contributed by atoms with Crippen LogP contribution in [0.4, 0.5) is 0 Å². The monoisotopic (exact) mass is 246 g/mol. The number of nitrogens with two attached hydrogens (primary N) is 1. The van der Waals surface area contributed by atoms with Crippen molar-refractivity contribution in [3.8, 4) is 0 Å². The minimum atomic E-state index is -1.11. The van der Waals surface area contributed by atoms with Gasteiger partial charge in [-0.3, -0.25) is 4.79 Å². The van der Waals surface area contributed by atoms with Crippen LogP contribution in [0.1, 0.15) is 6.92 Å². The van der Waals surface area contributed by atoms with Gasteiger partial charge in [-0.1, -0.05) is 0 Å². The molecule has 0 aromatic heterocycles. The first-order chi connectivity index (χ1) is 8.06. The topological polar surface area (TPSA) is 105 Å². The van der Waals surface area contributed by atoms with Crippen molar-refractivity contribution in [2.24, 2.45) is 5.73 Å². The lowest BCUT2D eigenvalue weighted by atomic mass is 9.94. The number of aliphatic hydroxyl groups excluding tert-OH is 2. The van der Waals surface area contributed by atoms with E-state index in [1.165, 1.54) is 11.8 Å². The van der Waals surface area contributed by atoms with Gasteiger partial charge in [0.15, 0.2) is 6.29 Å². The van der Waals surface area contributed by atoms with E-state index in [1.807, 2.05) is 0 Å². The maximum atomic E-state index is 11.5. The van der Waals surface area contributed by atoms with E-state index in [0.29, 0.717) is 13.2 Å². The molecule has 0 bridgehead atoms. The first-order valence-corrected chi connectivity index (χ1v) is 5.66. The standard InChI is InChI=1S/C10H18N2O5/c1-5(13)12-2-3-16-10-7(12)9(15)8(14)6(4-11)17-10/h6-10,14-15H,2-4,11H2,1H3/t6-,7+,8+,9-,10-/m1/s1. The van der Waals surface area contributed by atoms with E-state index >= 15 is 0 Å². The smallest absolute Gasteiger partial charge is 0.220 e. The summed E-state index contributed by atoms with van der Waals surface area (Å²) >= 11 is 0. The van der Waals surface area contributed by atoms with Crippen LogP contribution in [-0.4, -0.2) is 71.4 Å². The highest BCUT2D eigenvalue weighted by Gasteiger charge is 2.49. The van der Waals surface area contributed by atoms with Crippen molar-refractivity contribution in [2.75, 3.05) is 19.7 Å². The van der Waals surface area contributed by atoms with E-state index in [2.05, 4.69) is 0 Å². The van der Waals surface area contributed by atoms with Crippen molar-refractivity contribution in [1.29, 1.82) is 0 Å². The Hall–Kier alpha value is -0.730. The number of hydrogen-bond donors (Lipinski definition) is 3. The molecule has 2 heterocycles. The van der Waals surface area contributed by atoms with Crippen LogP contribution in [0.5, 0.6) is 0 Å². The van der Waals surface area contributed by atoms with Crippen molar-refractivity contribution < 1.29 is 24.5 Å². The fraction of sp³-hybridized carbons (Fsp3) is 0.900. The molecule has 0 aromatic rings. The Morgan fingerprint density at radius 1 is 1.47 bits per heavy atom. The molecule has 4 N–H and O–H groups in total. The number of rotatable bonds is 1. The van der Waals surface area contributed by atoms with Crippen LogP contribution < -0.4 is 5.73 Å². The maximum absolute atomic E-state index is 11.5. The van der Waals surface area contributed by atoms with Crippen molar-refractivity contribution in [3.05, 3.63) is 0 Å². The van der Waals surface area contributed by atoms with E-state index in [9.17, 15) is 15.0 Å². The van der Waals surface area contributed by atoms with Crippen LogP contribution in [0.15, 0.2) is 0 Å². The largest absolute Gasteiger partial charge is 0.388 e. The Balaban J connectivity index is 2.19. The second kappa shape index (κ2) is 4.87. The zero-order chi connectivity index (χ0) is 12.6. The van der Waals surface area contributed by atoms with Gasteiger partial charge in [0, 0.05) is 20.0 Å². The summed E-state index contributed by atoms with van der Waals surface area (Å²) in [6.45, 7) is 2.24. The van der Waals surface area contributed by atoms with E-state index < -0.39 is 30.6 Å². The predicted octanol–water partition coefficient (Wildman–Crippen LogP) is -2.36. The summed E-state index contributed by atoms with van der Waals surface area (Å²) in [5.74, 6) is -0.177. The third-order valence-corrected chi connectivity index (χ3v) is 3.28. The third kappa shape index (κ3) is 2.16. The zero-order valence-electron chi connectivity index (χ0n) is 9.65. The first kappa shape index (κ1) is 12.7. The Bertz CT molecular complexity index is 298. The SMILES string of the molecule is CC(=O)N1CCO[C@@H]2O[C@H](CN)[C@H](O)[C@H](O)[C@@H]21. The Kier molecular flexibility index (Phi) is 3.64. The molecule has 0 unspecified atom stereocenters. The van der Waals surface area contributed by atoms with Crippen molar-refractivity contribution >= 4 is 5.91 Å². The number of morpholine rings is 1. The lowest BCUT2D eigenvalue weighted by Crippen LogP contribution is -2.68. The normalized spacial score (nSPS) is 42.1. The molecule has 1 amide bonds. The number of nitrogens with zero attached hydrogens (tertiary/aromatic N) is 1. The molecule has 0 aliphatic carbocycles. The molecule has 17 heavy (non-hydrogen) atoms. The number of amides is 1. The Labute approximate surface area is 99.1 Å². The number of fused-ring (bicyclic) bond motifs is 1. The average molecular weight is 246 g/mol. The van der Waals surface area contributed by atoms with E-state index in [0.717, 1.165) is 0 Å². The van der Waals surface area contributed by atoms with Gasteiger partial charge in [-0.2, -0.15) is 0 Å². The van der Waals surface area contributed by atoms with Crippen LogP contribution >= 0.6 is 0 Å². The number of ether oxygens (including phenoxy) is 2. The summed E-state index contributed by atoms with van der Waals surface area (Å²) in [5, 5.41) is 19.9. The lowest BCUT2D eigenvalue weighted by Gasteiger charge is -2.49. The summed E-state index contributed by atoms with van der Waals surface area (Å²) in [6.07, 6.45) is -3.60. The number of carbonyl (C=O) groups is 1. The summed E-state index contributed by atoms with van der Waals surface area (Å²) < 4.78 is 10.8. The van der Waals surface area contributed by atoms with Crippen molar-refractivity contribution in [3.63, 3.8) is 0 Å². The number of aliphatic hydroxyl groups is 2. The summed E-state index contributed by atoms with van der Waals surface area (Å²) in [5.41, 5.74) is 5.44. The molecule has 0 radical (unpaired) electrons. The van der Waals surface area contributed by atoms with Gasteiger partial charge in [0.1, 0.15) is 24.4 Å². The van der Waals surface area contributed by atoms with Gasteiger partial charge in [0.05, 0.1) is 6.61 Å². The molecular weight excluding hydrogens is 228 g/mol. The maximum Gasteiger partial charge on any atom is 0.220 e. The lowest BCUT2D eigenvalue weighted by molar-refractivity contribution is -0.295. The highest BCUT2D eigenvalue weighted by atomic mass is 16.7. The first-order valence-electron chi connectivity index (χ1n) is 5.66. The van der Waals surface area contributed by atoms with Crippen LogP contribution in [0, 0.1) is 0 Å². The molecule has 0 aromatic carbocycles. The molecule has 2 rings (SSSR count). The van der Waals surface area contributed by atoms with Crippen molar-refractivity contribution in [1.82, 2.24) is 4.90 Å². The minimum Gasteiger partial charge on any atom is -0.388 e. The molecule has 7 heteroatoms. The van der Waals surface area contributed by atoms with Crippen LogP contribution in [0.25, 0.3) is 0 Å². The van der Waals surface area contributed by atoms with E-state index in [4.69, 9.17) is 15.2 Å². The predicted molar refractivity (Wildman–Crippen MR) is 56.9 cm³/mol. The molecule has 0 saturated carbocycles. The Morgan fingerprint density at radius 3 is 2.76 bits per heavy atom. The average Bonchev–Trinajstić information content (AvgIpc) is 2.32. The summed E-state index contributed by atoms with van der Waals surface area (Å²) in [7, 11) is 0. The highest BCUT2D eigenvalue weighted by molar-refractivity contribution is 5.73. The molecule has 2 aliphatic heterocycles. The van der Waals surface area contributed by atoms with Crippen molar-refractivity contribution in [2.45, 2.75) is 37.6 Å². The molecular formula is C10H18N2O5. The molecule has 0 spiro atoms. The quantitative estimate of drug-likeness (QED) is 0.478. The van der Waals surface area contributed by atoms with Gasteiger partial charge in [-0.25, -0.2) is 0 Å². The fourth-order valence-corrected chi connectivity index (χ4v) is 2.36. The fourth-order valence-electron chi connectivity index (χ4n) is 2.36. The summed E-state index contributed by atoms with van der Waals surface area (Å²) in [4.78, 5) is 12.9. The van der Waals surface area contributed by atoms with Gasteiger partial charge in [-0.05, 0) is 0 Å². The van der Waals surface area contributed by atoms with Crippen LogP contribution in [-0.2, 0) is 14.3 Å². The molecule has 98 valence electrons.